The summed E-state index contributed by atoms with van der Waals surface area (Å²) < 4.78 is 0. The Morgan fingerprint density at radius 1 is 0.692 bits per heavy atom. The van der Waals surface area contributed by atoms with Crippen molar-refractivity contribution in [3.05, 3.63) is 0 Å². The van der Waals surface area contributed by atoms with Gasteiger partial charge in [-0.1, -0.05) is 32.1 Å². The molecule has 0 aromatic carbocycles. The molecule has 76 valence electrons. The Kier molecular flexibility index (Phi) is 3.26. The third-order valence-electron chi connectivity index (χ3n) is 3.97. The standard InChI is InChI=1S/C12H23N/c1-2-6-10-13-11-12(7-3-1)8-4-5-9-12/h13H,1-11H2. The molecule has 1 aliphatic carbocycles. The molecule has 2 aliphatic rings. The van der Waals surface area contributed by atoms with Crippen LogP contribution in [0.3, 0.4) is 0 Å². The first-order valence-electron chi connectivity index (χ1n) is 6.12. The maximum atomic E-state index is 3.66. The SMILES string of the molecule is C1CCCC2(CCCC2)CNCC1. The van der Waals surface area contributed by atoms with E-state index in [9.17, 15) is 0 Å². The predicted octanol–water partition coefficient (Wildman–Crippen LogP) is 3.10. The second-order valence-electron chi connectivity index (χ2n) is 5.05. The van der Waals surface area contributed by atoms with Crippen molar-refractivity contribution in [3.8, 4) is 0 Å². The van der Waals surface area contributed by atoms with Crippen LogP contribution in [0.15, 0.2) is 0 Å². The summed E-state index contributed by atoms with van der Waals surface area (Å²) in [5, 5.41) is 3.66. The lowest BCUT2D eigenvalue weighted by Gasteiger charge is -2.28. The first kappa shape index (κ1) is 9.51. The van der Waals surface area contributed by atoms with Crippen LogP contribution < -0.4 is 5.32 Å². The fourth-order valence-electron chi connectivity index (χ4n) is 3.10. The van der Waals surface area contributed by atoms with E-state index in [1.807, 2.05) is 0 Å². The molecule has 1 nitrogen and oxygen atoms in total. The molecule has 2 fully saturated rings. The van der Waals surface area contributed by atoms with Crippen LogP contribution in [-0.2, 0) is 0 Å². The molecular formula is C12H23N. The molecule has 0 atom stereocenters. The highest BCUT2D eigenvalue weighted by atomic mass is 14.9. The normalized spacial score (nSPS) is 29.5. The molecule has 0 aromatic heterocycles. The highest BCUT2D eigenvalue weighted by Gasteiger charge is 2.32. The van der Waals surface area contributed by atoms with E-state index in [0.29, 0.717) is 0 Å². The lowest BCUT2D eigenvalue weighted by atomic mass is 9.81. The first-order valence-corrected chi connectivity index (χ1v) is 6.12. The zero-order valence-electron chi connectivity index (χ0n) is 8.78. The van der Waals surface area contributed by atoms with Gasteiger partial charge in [0.05, 0.1) is 0 Å². The minimum absolute atomic E-state index is 0.727. The highest BCUT2D eigenvalue weighted by molar-refractivity contribution is 4.87. The molecular weight excluding hydrogens is 158 g/mol. The van der Waals surface area contributed by atoms with Gasteiger partial charge in [0.15, 0.2) is 0 Å². The van der Waals surface area contributed by atoms with Crippen LogP contribution in [-0.4, -0.2) is 13.1 Å². The molecule has 1 saturated heterocycles. The van der Waals surface area contributed by atoms with E-state index in [1.165, 1.54) is 70.9 Å². The second-order valence-corrected chi connectivity index (χ2v) is 5.05. The average Bonchev–Trinajstić information content (AvgIpc) is 2.62. The number of rotatable bonds is 0. The molecule has 0 radical (unpaired) electrons. The van der Waals surface area contributed by atoms with Crippen molar-refractivity contribution in [2.45, 2.75) is 57.8 Å². The van der Waals surface area contributed by atoms with Crippen molar-refractivity contribution in [2.75, 3.05) is 13.1 Å². The molecule has 1 N–H and O–H groups in total. The Bertz CT molecular complexity index is 135. The molecule has 1 saturated carbocycles. The molecule has 0 bridgehead atoms. The summed E-state index contributed by atoms with van der Waals surface area (Å²) >= 11 is 0. The monoisotopic (exact) mass is 181 g/mol. The van der Waals surface area contributed by atoms with Gasteiger partial charge < -0.3 is 5.32 Å². The fourth-order valence-corrected chi connectivity index (χ4v) is 3.10. The quantitative estimate of drug-likeness (QED) is 0.605. The van der Waals surface area contributed by atoms with E-state index in [4.69, 9.17) is 0 Å². The third kappa shape index (κ3) is 2.46. The Morgan fingerprint density at radius 3 is 2.08 bits per heavy atom. The van der Waals surface area contributed by atoms with Crippen molar-refractivity contribution < 1.29 is 0 Å². The number of nitrogens with one attached hydrogen (secondary N) is 1. The van der Waals surface area contributed by atoms with Gasteiger partial charge in [-0.2, -0.15) is 0 Å². The van der Waals surface area contributed by atoms with E-state index in [-0.39, 0.29) is 0 Å². The van der Waals surface area contributed by atoms with Crippen LogP contribution >= 0.6 is 0 Å². The lowest BCUT2D eigenvalue weighted by molar-refractivity contribution is 0.255. The van der Waals surface area contributed by atoms with Crippen molar-refractivity contribution in [1.82, 2.24) is 5.32 Å². The topological polar surface area (TPSA) is 12.0 Å². The second kappa shape index (κ2) is 4.45. The maximum absolute atomic E-state index is 3.66. The summed E-state index contributed by atoms with van der Waals surface area (Å²) in [4.78, 5) is 0. The fraction of sp³-hybridized carbons (Fsp3) is 1.00. The number of hydrogen-bond acceptors (Lipinski definition) is 1. The Labute approximate surface area is 82.3 Å². The molecule has 0 amide bonds. The van der Waals surface area contributed by atoms with E-state index in [1.54, 1.807) is 0 Å². The van der Waals surface area contributed by atoms with Crippen molar-refractivity contribution in [2.24, 2.45) is 5.41 Å². The van der Waals surface area contributed by atoms with Gasteiger partial charge in [-0.15, -0.1) is 0 Å². The smallest absolute Gasteiger partial charge is 0.000780 e. The number of hydrogen-bond donors (Lipinski definition) is 1. The van der Waals surface area contributed by atoms with Gasteiger partial charge in [-0.05, 0) is 37.6 Å². The van der Waals surface area contributed by atoms with Crippen LogP contribution in [0.1, 0.15) is 57.8 Å². The minimum atomic E-state index is 0.727. The van der Waals surface area contributed by atoms with E-state index >= 15 is 0 Å². The summed E-state index contributed by atoms with van der Waals surface area (Å²) in [6, 6.07) is 0. The van der Waals surface area contributed by atoms with Gasteiger partial charge in [0, 0.05) is 6.54 Å². The molecule has 0 unspecified atom stereocenters. The molecule has 1 spiro atoms. The summed E-state index contributed by atoms with van der Waals surface area (Å²) in [7, 11) is 0. The summed E-state index contributed by atoms with van der Waals surface area (Å²) in [6.07, 6.45) is 13.3. The third-order valence-corrected chi connectivity index (χ3v) is 3.97. The molecule has 1 heteroatoms. The zero-order chi connectivity index (χ0) is 8.99. The van der Waals surface area contributed by atoms with Crippen molar-refractivity contribution >= 4 is 0 Å². The van der Waals surface area contributed by atoms with Gasteiger partial charge in [0.25, 0.3) is 0 Å². The molecule has 2 rings (SSSR count). The van der Waals surface area contributed by atoms with Crippen LogP contribution in [0, 0.1) is 5.41 Å². The highest BCUT2D eigenvalue weighted by Crippen LogP contribution is 2.42. The van der Waals surface area contributed by atoms with Gasteiger partial charge >= 0.3 is 0 Å². The summed E-state index contributed by atoms with van der Waals surface area (Å²) in [5.41, 5.74) is 0.727. The summed E-state index contributed by atoms with van der Waals surface area (Å²) in [6.45, 7) is 2.58. The van der Waals surface area contributed by atoms with E-state index < -0.39 is 0 Å². The molecule has 13 heavy (non-hydrogen) atoms. The Hall–Kier alpha value is -0.0400. The van der Waals surface area contributed by atoms with Crippen LogP contribution in [0.2, 0.25) is 0 Å². The van der Waals surface area contributed by atoms with E-state index in [2.05, 4.69) is 5.32 Å². The zero-order valence-corrected chi connectivity index (χ0v) is 8.78. The van der Waals surface area contributed by atoms with E-state index in [0.717, 1.165) is 5.41 Å². The van der Waals surface area contributed by atoms with Crippen molar-refractivity contribution in [3.63, 3.8) is 0 Å². The van der Waals surface area contributed by atoms with Crippen LogP contribution in [0.5, 0.6) is 0 Å². The van der Waals surface area contributed by atoms with Crippen LogP contribution in [0.25, 0.3) is 0 Å². The maximum Gasteiger partial charge on any atom is 0.000780 e. The molecule has 1 heterocycles. The lowest BCUT2D eigenvalue weighted by Crippen LogP contribution is -2.32. The largest absolute Gasteiger partial charge is 0.316 e. The molecule has 0 aromatic rings. The van der Waals surface area contributed by atoms with Gasteiger partial charge in [0.2, 0.25) is 0 Å². The average molecular weight is 181 g/mol. The van der Waals surface area contributed by atoms with Gasteiger partial charge in [0.1, 0.15) is 0 Å². The Balaban J connectivity index is 1.90. The van der Waals surface area contributed by atoms with Crippen LogP contribution in [0.4, 0.5) is 0 Å². The summed E-state index contributed by atoms with van der Waals surface area (Å²) in [5.74, 6) is 0. The Morgan fingerprint density at radius 2 is 1.31 bits per heavy atom. The van der Waals surface area contributed by atoms with Gasteiger partial charge in [-0.3, -0.25) is 0 Å². The predicted molar refractivity (Wildman–Crippen MR) is 56.9 cm³/mol. The van der Waals surface area contributed by atoms with Gasteiger partial charge in [-0.25, -0.2) is 0 Å². The van der Waals surface area contributed by atoms with Crippen molar-refractivity contribution in [1.29, 1.82) is 0 Å². The minimum Gasteiger partial charge on any atom is -0.316 e. The first-order chi connectivity index (χ1) is 6.41. The molecule has 1 aliphatic heterocycles.